The molecule has 1 saturated carbocycles. The summed E-state index contributed by atoms with van der Waals surface area (Å²) in [5.41, 5.74) is 25.6. The summed E-state index contributed by atoms with van der Waals surface area (Å²) < 4.78 is 0. The number of rotatable bonds is 3. The normalized spacial score (nSPS) is 21.1. The summed E-state index contributed by atoms with van der Waals surface area (Å²) in [5, 5.41) is 0. The highest BCUT2D eigenvalue weighted by Gasteiger charge is 2.59. The van der Waals surface area contributed by atoms with E-state index in [1.54, 1.807) is 0 Å². The van der Waals surface area contributed by atoms with Gasteiger partial charge in [-0.25, -0.2) is 0 Å². The Morgan fingerprint density at radius 2 is 0.873 bits per heavy atom. The minimum atomic E-state index is -0.245. The highest BCUT2D eigenvalue weighted by molar-refractivity contribution is 7.01. The Kier molecular flexibility index (Phi) is 10.1. The van der Waals surface area contributed by atoms with E-state index in [-0.39, 0.29) is 50.2 Å². The molecule has 0 bridgehead atoms. The largest absolute Gasteiger partial charge is 0.334 e. The molecule has 6 aromatic carbocycles. The van der Waals surface area contributed by atoms with Crippen LogP contribution in [0.5, 0.6) is 0 Å². The maximum Gasteiger partial charge on any atom is 0.252 e. The van der Waals surface area contributed by atoms with Crippen LogP contribution in [0.25, 0.3) is 0 Å². The molecule has 0 spiro atoms. The van der Waals surface area contributed by atoms with Gasteiger partial charge in [0.15, 0.2) is 0 Å². The molecule has 2 unspecified atom stereocenters. The first-order valence-electron chi connectivity index (χ1n) is 27.2. The molecule has 6 aromatic rings. The van der Waals surface area contributed by atoms with Gasteiger partial charge >= 0.3 is 0 Å². The van der Waals surface area contributed by atoms with Gasteiger partial charge in [0.05, 0.1) is 5.54 Å². The van der Waals surface area contributed by atoms with Crippen molar-refractivity contribution in [3.05, 3.63) is 148 Å². The Bertz CT molecular complexity index is 3160. The number of fused-ring (bicyclic) bond motifs is 3. The monoisotopic (exact) mass is 940 g/mol. The lowest BCUT2D eigenvalue weighted by Crippen LogP contribution is -2.67. The van der Waals surface area contributed by atoms with Gasteiger partial charge in [-0.05, 0) is 162 Å². The second-order valence-electron chi connectivity index (χ2n) is 28.8. The van der Waals surface area contributed by atoms with Crippen molar-refractivity contribution in [2.75, 3.05) is 14.7 Å². The van der Waals surface area contributed by atoms with Gasteiger partial charge in [0.1, 0.15) is 0 Å². The predicted octanol–water partition coefficient (Wildman–Crippen LogP) is 16.6. The SMILES string of the molecule is CC(C)(C)c1ccc(N2c3cc(N4c5ccc(C(C)(C)C)cc5C5(C)CCCCC45C)cc4c3B3c5c(cccc5C(C)(C)c5cc(C(C)(C)C)cc2c53)N4c2cc(C(C)(C)C)cc(C(C)(C)C)c2)cc1. The molecule has 71 heavy (non-hydrogen) atoms. The second-order valence-corrected chi connectivity index (χ2v) is 28.8. The summed E-state index contributed by atoms with van der Waals surface area (Å²) >= 11 is 0. The predicted molar refractivity (Wildman–Crippen MR) is 309 cm³/mol. The van der Waals surface area contributed by atoms with E-state index in [1.807, 2.05) is 0 Å². The Morgan fingerprint density at radius 3 is 1.45 bits per heavy atom. The van der Waals surface area contributed by atoms with Crippen LogP contribution < -0.4 is 31.1 Å². The van der Waals surface area contributed by atoms with E-state index in [2.05, 4.69) is 249 Å². The second kappa shape index (κ2) is 14.9. The van der Waals surface area contributed by atoms with Crippen LogP contribution in [0.1, 0.15) is 202 Å². The minimum Gasteiger partial charge on any atom is -0.334 e. The lowest BCUT2D eigenvalue weighted by Gasteiger charge is -2.52. The molecular weight excluding hydrogens is 858 g/mol. The fourth-order valence-corrected chi connectivity index (χ4v) is 13.8. The summed E-state index contributed by atoms with van der Waals surface area (Å²) in [6.07, 6.45) is 4.82. The summed E-state index contributed by atoms with van der Waals surface area (Å²) in [6.45, 7) is 45.9. The zero-order valence-electron chi connectivity index (χ0n) is 47.1. The summed E-state index contributed by atoms with van der Waals surface area (Å²) in [6, 6.07) is 42.5. The first-order valence-corrected chi connectivity index (χ1v) is 27.2. The summed E-state index contributed by atoms with van der Waals surface area (Å²) in [4.78, 5) is 8.28. The van der Waals surface area contributed by atoms with Crippen molar-refractivity contribution in [1.82, 2.24) is 0 Å². The van der Waals surface area contributed by atoms with Crippen LogP contribution in [0.4, 0.5) is 45.5 Å². The molecule has 0 N–H and O–H groups in total. The van der Waals surface area contributed by atoms with Crippen molar-refractivity contribution < 1.29 is 0 Å². The van der Waals surface area contributed by atoms with Crippen molar-refractivity contribution in [3.63, 3.8) is 0 Å². The van der Waals surface area contributed by atoms with Gasteiger partial charge in [0.2, 0.25) is 0 Å². The van der Waals surface area contributed by atoms with E-state index in [0.29, 0.717) is 0 Å². The van der Waals surface area contributed by atoms with Crippen LogP contribution in [0.3, 0.4) is 0 Å². The molecule has 0 amide bonds. The van der Waals surface area contributed by atoms with Crippen LogP contribution >= 0.6 is 0 Å². The fraction of sp³-hybridized carbons (Fsp3) is 0.463. The quantitative estimate of drug-likeness (QED) is 0.163. The molecule has 4 aliphatic heterocycles. The standard InChI is InChI=1S/C67H82BN3/c1-60(2,3)41-25-28-46(29-26-41)69-54-38-45(64(13,14)15)37-51-58(54)68-57-49(65(51,16)17)23-22-24-53(57)70(47-34-43(62(7,8)9)33-44(35-47)63(10,11)12)56-40-48(39-55(69)59(56)68)71-52-30-27-42(61(4,5)6)36-50(52)66(18)31-20-21-32-67(66,71)19/h22-30,33-40H,20-21,31-32H2,1-19H3. The maximum absolute atomic E-state index is 2.85. The van der Waals surface area contributed by atoms with Crippen molar-refractivity contribution >= 4 is 68.6 Å². The van der Waals surface area contributed by atoms with E-state index in [9.17, 15) is 0 Å². The molecule has 3 nitrogen and oxygen atoms in total. The summed E-state index contributed by atoms with van der Waals surface area (Å²) in [5.74, 6) is 0. The third-order valence-electron chi connectivity index (χ3n) is 18.5. The highest BCUT2D eigenvalue weighted by atomic mass is 15.3. The zero-order chi connectivity index (χ0) is 51.1. The molecular formula is C67H82BN3. The van der Waals surface area contributed by atoms with E-state index in [0.717, 1.165) is 6.42 Å². The van der Waals surface area contributed by atoms with Crippen molar-refractivity contribution in [2.45, 2.75) is 201 Å². The van der Waals surface area contributed by atoms with Gasteiger partial charge in [-0.2, -0.15) is 0 Å². The number of hydrogen-bond donors (Lipinski definition) is 0. The maximum atomic E-state index is 2.85. The fourth-order valence-electron chi connectivity index (χ4n) is 13.8. The van der Waals surface area contributed by atoms with Gasteiger partial charge in [-0.1, -0.05) is 186 Å². The Balaban J connectivity index is 1.31. The molecule has 11 rings (SSSR count). The lowest BCUT2D eigenvalue weighted by molar-refractivity contribution is 0.195. The lowest BCUT2D eigenvalue weighted by atomic mass is 9.28. The Hall–Kier alpha value is -5.22. The first-order chi connectivity index (χ1) is 32.9. The molecule has 0 saturated heterocycles. The average molecular weight is 940 g/mol. The average Bonchev–Trinajstić information content (AvgIpc) is 3.48. The van der Waals surface area contributed by atoms with Gasteiger partial charge in [-0.3, -0.25) is 0 Å². The zero-order valence-corrected chi connectivity index (χ0v) is 47.1. The van der Waals surface area contributed by atoms with Gasteiger partial charge in [0.25, 0.3) is 6.71 Å². The van der Waals surface area contributed by atoms with E-state index >= 15 is 0 Å². The third-order valence-corrected chi connectivity index (χ3v) is 18.5. The van der Waals surface area contributed by atoms with Crippen LogP contribution in [0.2, 0.25) is 0 Å². The molecule has 1 aliphatic carbocycles. The first kappa shape index (κ1) is 48.1. The smallest absolute Gasteiger partial charge is 0.252 e. The van der Waals surface area contributed by atoms with Gasteiger partial charge < -0.3 is 14.7 Å². The topological polar surface area (TPSA) is 9.72 Å². The van der Waals surface area contributed by atoms with Crippen LogP contribution in [-0.2, 0) is 37.9 Å². The molecule has 0 radical (unpaired) electrons. The molecule has 368 valence electrons. The van der Waals surface area contributed by atoms with Crippen LogP contribution in [0, 0.1) is 0 Å². The van der Waals surface area contributed by atoms with Crippen molar-refractivity contribution in [1.29, 1.82) is 0 Å². The Labute approximate surface area is 429 Å². The van der Waals surface area contributed by atoms with E-state index in [4.69, 9.17) is 0 Å². The summed E-state index contributed by atoms with van der Waals surface area (Å²) in [7, 11) is 0. The third kappa shape index (κ3) is 6.94. The van der Waals surface area contributed by atoms with Crippen LogP contribution in [-0.4, -0.2) is 12.3 Å². The van der Waals surface area contributed by atoms with E-state index in [1.165, 1.54) is 126 Å². The van der Waals surface area contributed by atoms with Gasteiger partial charge in [0, 0.05) is 56.3 Å². The number of nitrogens with zero attached hydrogens (tertiary/aromatic N) is 3. The molecule has 2 atom stereocenters. The molecule has 4 heterocycles. The molecule has 1 fully saturated rings. The van der Waals surface area contributed by atoms with E-state index < -0.39 is 0 Å². The number of hydrogen-bond acceptors (Lipinski definition) is 3. The molecule has 0 aromatic heterocycles. The molecule has 5 aliphatic rings. The van der Waals surface area contributed by atoms with Crippen LogP contribution in [0.15, 0.2) is 103 Å². The highest BCUT2D eigenvalue weighted by Crippen LogP contribution is 2.62. The Morgan fingerprint density at radius 1 is 0.380 bits per heavy atom. The number of anilines is 8. The van der Waals surface area contributed by atoms with Gasteiger partial charge in [-0.15, -0.1) is 0 Å². The van der Waals surface area contributed by atoms with Crippen molar-refractivity contribution in [3.8, 4) is 0 Å². The number of benzene rings is 6. The van der Waals surface area contributed by atoms with Crippen molar-refractivity contribution in [2.24, 2.45) is 0 Å². The minimum absolute atomic E-state index is 0.0145. The molecule has 4 heteroatoms.